The van der Waals surface area contributed by atoms with Crippen molar-refractivity contribution in [2.24, 2.45) is 7.05 Å². The minimum Gasteiger partial charge on any atom is -0.493 e. The summed E-state index contributed by atoms with van der Waals surface area (Å²) >= 11 is 0. The van der Waals surface area contributed by atoms with E-state index in [1.54, 1.807) is 11.6 Å². The Balaban J connectivity index is 2.59. The Hall–Kier alpha value is -2.10. The average molecular weight is 201 g/mol. The summed E-state index contributed by atoms with van der Waals surface area (Å²) in [6, 6.07) is 5.95. The summed E-state index contributed by atoms with van der Waals surface area (Å²) in [6.45, 7) is 0. The summed E-state index contributed by atoms with van der Waals surface area (Å²) < 4.78 is 1.69. The first-order valence-corrected chi connectivity index (χ1v) is 4.72. The molecule has 2 aromatic heterocycles. The molecule has 0 unspecified atom stereocenters. The molecule has 1 aromatic carbocycles. The van der Waals surface area contributed by atoms with Crippen molar-refractivity contribution in [2.45, 2.75) is 0 Å². The molecule has 0 saturated carbocycles. The van der Waals surface area contributed by atoms with Gasteiger partial charge in [-0.3, -0.25) is 0 Å². The lowest BCUT2D eigenvalue weighted by atomic mass is 10.2. The maximum absolute atomic E-state index is 9.70. The van der Waals surface area contributed by atoms with Gasteiger partial charge in [0.15, 0.2) is 0 Å². The van der Waals surface area contributed by atoms with Gasteiger partial charge in [-0.2, -0.15) is 0 Å². The van der Waals surface area contributed by atoms with Gasteiger partial charge in [0.05, 0.1) is 5.52 Å². The van der Waals surface area contributed by atoms with Gasteiger partial charge in [-0.25, -0.2) is 0 Å². The van der Waals surface area contributed by atoms with Crippen molar-refractivity contribution in [1.82, 2.24) is 9.55 Å². The minimum absolute atomic E-state index is 0.123. The van der Waals surface area contributed by atoms with Crippen molar-refractivity contribution < 1.29 is 5.11 Å². The van der Waals surface area contributed by atoms with Crippen LogP contribution in [0.15, 0.2) is 24.4 Å². The van der Waals surface area contributed by atoms with E-state index in [1.165, 1.54) is 0 Å². The van der Waals surface area contributed by atoms with Crippen molar-refractivity contribution in [3.05, 3.63) is 24.4 Å². The number of hydrogen-bond donors (Lipinski definition) is 3. The summed E-state index contributed by atoms with van der Waals surface area (Å²) in [7, 11) is 1.79. The van der Waals surface area contributed by atoms with Crippen molar-refractivity contribution in [2.75, 3.05) is 5.73 Å². The van der Waals surface area contributed by atoms with E-state index in [4.69, 9.17) is 5.73 Å². The van der Waals surface area contributed by atoms with E-state index in [0.717, 1.165) is 21.8 Å². The molecule has 76 valence electrons. The van der Waals surface area contributed by atoms with Crippen LogP contribution >= 0.6 is 0 Å². The molecule has 0 aliphatic carbocycles. The predicted molar refractivity (Wildman–Crippen MR) is 60.9 cm³/mol. The summed E-state index contributed by atoms with van der Waals surface area (Å²) in [5.41, 5.74) is 8.23. The normalized spacial score (nSPS) is 11.5. The molecule has 0 spiro atoms. The van der Waals surface area contributed by atoms with E-state index in [9.17, 15) is 5.11 Å². The second-order valence-electron chi connectivity index (χ2n) is 3.73. The largest absolute Gasteiger partial charge is 0.493 e. The first kappa shape index (κ1) is 8.23. The van der Waals surface area contributed by atoms with Gasteiger partial charge in [0.1, 0.15) is 5.69 Å². The van der Waals surface area contributed by atoms with Crippen LogP contribution in [-0.2, 0) is 7.05 Å². The number of hydrogen-bond acceptors (Lipinski definition) is 2. The molecule has 0 aliphatic rings. The van der Waals surface area contributed by atoms with Gasteiger partial charge in [0.25, 0.3) is 0 Å². The highest BCUT2D eigenvalue weighted by Crippen LogP contribution is 2.34. The fraction of sp³-hybridized carbons (Fsp3) is 0.0909. The number of benzene rings is 1. The van der Waals surface area contributed by atoms with Crippen molar-refractivity contribution in [1.29, 1.82) is 0 Å². The maximum atomic E-state index is 9.70. The Morgan fingerprint density at radius 3 is 3.00 bits per heavy atom. The van der Waals surface area contributed by atoms with Crippen LogP contribution in [0, 0.1) is 0 Å². The van der Waals surface area contributed by atoms with Crippen LogP contribution in [0.3, 0.4) is 0 Å². The number of aryl methyl sites for hydroxylation is 1. The molecular weight excluding hydrogens is 190 g/mol. The lowest BCUT2D eigenvalue weighted by Crippen LogP contribution is -1.86. The molecule has 0 saturated heterocycles. The molecule has 2 heterocycles. The van der Waals surface area contributed by atoms with E-state index in [0.29, 0.717) is 5.69 Å². The van der Waals surface area contributed by atoms with E-state index in [2.05, 4.69) is 4.98 Å². The van der Waals surface area contributed by atoms with Crippen LogP contribution in [0.25, 0.3) is 21.8 Å². The van der Waals surface area contributed by atoms with Crippen LogP contribution < -0.4 is 5.73 Å². The predicted octanol–water partition coefficient (Wildman–Crippen LogP) is 1.95. The maximum Gasteiger partial charge on any atom is 0.215 e. The number of nitrogens with one attached hydrogen (secondary N) is 1. The lowest BCUT2D eigenvalue weighted by molar-refractivity contribution is 0.438. The Bertz CT molecular complexity index is 609. The molecule has 0 amide bonds. The zero-order valence-electron chi connectivity index (χ0n) is 8.28. The standard InChI is InChI=1S/C11H11N3O/c1-14-9-5-8-6(2-3-13-8)4-7(9)10(12)11(14)15/h2-5,13,15H,12H2,1H3. The number of aromatic amines is 1. The Morgan fingerprint density at radius 1 is 1.40 bits per heavy atom. The molecule has 3 rings (SSSR count). The number of aromatic nitrogens is 2. The van der Waals surface area contributed by atoms with Gasteiger partial charge in [-0.1, -0.05) is 0 Å². The van der Waals surface area contributed by atoms with Crippen LogP contribution in [0.2, 0.25) is 0 Å². The third-order valence-electron chi connectivity index (χ3n) is 2.88. The van der Waals surface area contributed by atoms with E-state index >= 15 is 0 Å². The highest BCUT2D eigenvalue weighted by atomic mass is 16.3. The molecule has 0 atom stereocenters. The third kappa shape index (κ3) is 0.905. The second kappa shape index (κ2) is 2.48. The molecule has 0 fully saturated rings. The zero-order valence-corrected chi connectivity index (χ0v) is 8.28. The Labute approximate surface area is 85.9 Å². The van der Waals surface area contributed by atoms with Crippen molar-refractivity contribution in [3.8, 4) is 5.88 Å². The third-order valence-corrected chi connectivity index (χ3v) is 2.88. The molecule has 0 radical (unpaired) electrons. The highest BCUT2D eigenvalue weighted by molar-refractivity contribution is 6.03. The molecule has 4 nitrogen and oxygen atoms in total. The van der Waals surface area contributed by atoms with E-state index in [1.807, 2.05) is 24.4 Å². The molecule has 3 aromatic rings. The highest BCUT2D eigenvalue weighted by Gasteiger charge is 2.12. The molecule has 0 aliphatic heterocycles. The van der Waals surface area contributed by atoms with Gasteiger partial charge in [-0.05, 0) is 18.2 Å². The van der Waals surface area contributed by atoms with Gasteiger partial charge in [-0.15, -0.1) is 0 Å². The first-order chi connectivity index (χ1) is 7.18. The average Bonchev–Trinajstić information content (AvgIpc) is 2.77. The first-order valence-electron chi connectivity index (χ1n) is 4.72. The van der Waals surface area contributed by atoms with Crippen LogP contribution in [0.5, 0.6) is 5.88 Å². The van der Waals surface area contributed by atoms with Gasteiger partial charge < -0.3 is 20.4 Å². The SMILES string of the molecule is Cn1c(O)c(N)c2cc3cc[nH]c3cc21. The van der Waals surface area contributed by atoms with Crippen LogP contribution in [0.1, 0.15) is 0 Å². The topological polar surface area (TPSA) is 67.0 Å². The number of aromatic hydroxyl groups is 1. The fourth-order valence-corrected chi connectivity index (χ4v) is 2.00. The molecule has 4 heteroatoms. The second-order valence-corrected chi connectivity index (χ2v) is 3.73. The number of nitrogen functional groups attached to an aromatic ring is 1. The quantitative estimate of drug-likeness (QED) is 0.520. The van der Waals surface area contributed by atoms with Crippen molar-refractivity contribution >= 4 is 27.5 Å². The molecule has 4 N–H and O–H groups in total. The summed E-state index contributed by atoms with van der Waals surface area (Å²) in [4.78, 5) is 3.13. The number of H-pyrrole nitrogens is 1. The van der Waals surface area contributed by atoms with Crippen LogP contribution in [-0.4, -0.2) is 14.7 Å². The van der Waals surface area contributed by atoms with Gasteiger partial charge in [0, 0.05) is 29.5 Å². The molecule has 15 heavy (non-hydrogen) atoms. The van der Waals surface area contributed by atoms with E-state index in [-0.39, 0.29) is 5.88 Å². The minimum atomic E-state index is 0.123. The van der Waals surface area contributed by atoms with Gasteiger partial charge >= 0.3 is 0 Å². The number of rotatable bonds is 0. The number of fused-ring (bicyclic) bond motifs is 2. The fourth-order valence-electron chi connectivity index (χ4n) is 2.00. The van der Waals surface area contributed by atoms with Gasteiger partial charge in [0.2, 0.25) is 5.88 Å². The van der Waals surface area contributed by atoms with Crippen LogP contribution in [0.4, 0.5) is 5.69 Å². The summed E-state index contributed by atoms with van der Waals surface area (Å²) in [6.07, 6.45) is 1.89. The molecule has 0 bridgehead atoms. The Morgan fingerprint density at radius 2 is 2.20 bits per heavy atom. The lowest BCUT2D eigenvalue weighted by Gasteiger charge is -1.96. The number of nitrogens with two attached hydrogens (primary N) is 1. The summed E-state index contributed by atoms with van der Waals surface area (Å²) in [5, 5.41) is 11.7. The number of anilines is 1. The molecular formula is C11H11N3O. The van der Waals surface area contributed by atoms with Crippen molar-refractivity contribution in [3.63, 3.8) is 0 Å². The number of nitrogens with zero attached hydrogens (tertiary/aromatic N) is 1. The van der Waals surface area contributed by atoms with E-state index < -0.39 is 0 Å². The smallest absolute Gasteiger partial charge is 0.215 e. The summed E-state index contributed by atoms with van der Waals surface area (Å²) in [5.74, 6) is 0.123. The monoisotopic (exact) mass is 201 g/mol. The zero-order chi connectivity index (χ0) is 10.6. The Kier molecular flexibility index (Phi) is 1.36.